The molecule has 1 N–H and O–H groups in total. The van der Waals surface area contributed by atoms with Crippen LogP contribution in [0.5, 0.6) is 0 Å². The lowest BCUT2D eigenvalue weighted by Crippen LogP contribution is -2.24. The quantitative estimate of drug-likeness (QED) is 0.637. The van der Waals surface area contributed by atoms with Crippen molar-refractivity contribution < 1.29 is 9.21 Å². The summed E-state index contributed by atoms with van der Waals surface area (Å²) in [7, 11) is 0. The Morgan fingerprint density at radius 2 is 1.71 bits per heavy atom. The zero-order chi connectivity index (χ0) is 19.5. The normalized spacial score (nSPS) is 15.5. The summed E-state index contributed by atoms with van der Waals surface area (Å²) in [4.78, 5) is 15.6. The van der Waals surface area contributed by atoms with Gasteiger partial charge in [-0.2, -0.15) is 0 Å². The fraction of sp³-hybridized carbons (Fsp3) is 0.375. The predicted molar refractivity (Wildman–Crippen MR) is 114 cm³/mol. The molecule has 0 spiro atoms. The minimum atomic E-state index is -0.108. The number of rotatable bonds is 4. The minimum Gasteiger partial charge on any atom is -0.461 e. The lowest BCUT2D eigenvalue weighted by Gasteiger charge is -2.20. The summed E-state index contributed by atoms with van der Waals surface area (Å²) in [5.74, 6) is 0.561. The Labute approximate surface area is 166 Å². The Morgan fingerprint density at radius 1 is 1.00 bits per heavy atom. The van der Waals surface area contributed by atoms with Crippen LogP contribution in [0.2, 0.25) is 0 Å². The van der Waals surface area contributed by atoms with Crippen LogP contribution in [-0.4, -0.2) is 23.9 Å². The molecule has 4 rings (SSSR count). The molecule has 0 aliphatic carbocycles. The van der Waals surface area contributed by atoms with Crippen molar-refractivity contribution in [2.45, 2.75) is 46.1 Å². The van der Waals surface area contributed by atoms with Gasteiger partial charge in [-0.25, -0.2) is 0 Å². The number of hydrogen-bond acceptors (Lipinski definition) is 3. The number of carbonyl (C=O) groups is 1. The molecule has 0 unspecified atom stereocenters. The topological polar surface area (TPSA) is 45.5 Å². The molecule has 146 valence electrons. The predicted octanol–water partition coefficient (Wildman–Crippen LogP) is 5.68. The third-order valence-corrected chi connectivity index (χ3v) is 5.61. The Hall–Kier alpha value is -2.59. The lowest BCUT2D eigenvalue weighted by atomic mass is 10.0. The average Bonchev–Trinajstić information content (AvgIpc) is 2.84. The van der Waals surface area contributed by atoms with E-state index in [0.717, 1.165) is 36.3 Å². The van der Waals surface area contributed by atoms with E-state index in [9.17, 15) is 4.79 Å². The second kappa shape index (κ2) is 8.19. The maximum atomic E-state index is 13.1. The van der Waals surface area contributed by atoms with E-state index in [1.807, 2.05) is 50.2 Å². The van der Waals surface area contributed by atoms with Crippen molar-refractivity contribution in [3.8, 4) is 0 Å². The molecule has 3 aromatic rings. The van der Waals surface area contributed by atoms with Gasteiger partial charge in [0.05, 0.1) is 5.56 Å². The Bertz CT molecular complexity index is 964. The van der Waals surface area contributed by atoms with Crippen LogP contribution in [-0.2, 0) is 6.54 Å². The van der Waals surface area contributed by atoms with Gasteiger partial charge in [-0.1, -0.05) is 42.7 Å². The summed E-state index contributed by atoms with van der Waals surface area (Å²) in [6.07, 6.45) is 5.13. The highest BCUT2D eigenvalue weighted by Gasteiger charge is 2.22. The highest BCUT2D eigenvalue weighted by molar-refractivity contribution is 6.14. The van der Waals surface area contributed by atoms with Crippen LogP contribution < -0.4 is 5.32 Å². The summed E-state index contributed by atoms with van der Waals surface area (Å²) in [6, 6.07) is 14.0. The second-order valence-electron chi connectivity index (χ2n) is 7.83. The number of nitrogens with zero attached hydrogens (tertiary/aromatic N) is 1. The van der Waals surface area contributed by atoms with E-state index in [1.165, 1.54) is 36.8 Å². The molecule has 2 aromatic carbocycles. The van der Waals surface area contributed by atoms with E-state index >= 15 is 0 Å². The van der Waals surface area contributed by atoms with Gasteiger partial charge in [0.2, 0.25) is 0 Å². The van der Waals surface area contributed by atoms with Gasteiger partial charge in [-0.05, 0) is 63.5 Å². The average molecular weight is 377 g/mol. The molecular formula is C24H28N2O2. The smallest absolute Gasteiger partial charge is 0.259 e. The van der Waals surface area contributed by atoms with Crippen LogP contribution in [0.15, 0.2) is 46.9 Å². The molecule has 1 saturated heterocycles. The number of anilines is 1. The first-order valence-corrected chi connectivity index (χ1v) is 10.2. The van der Waals surface area contributed by atoms with Gasteiger partial charge in [0, 0.05) is 17.6 Å². The van der Waals surface area contributed by atoms with Crippen molar-refractivity contribution in [2.24, 2.45) is 0 Å². The highest BCUT2D eigenvalue weighted by Crippen LogP contribution is 2.30. The number of carbonyl (C=O) groups excluding carboxylic acids is 1. The van der Waals surface area contributed by atoms with Gasteiger partial charge in [-0.3, -0.25) is 9.69 Å². The third-order valence-electron chi connectivity index (χ3n) is 5.61. The van der Waals surface area contributed by atoms with Crippen molar-refractivity contribution in [3.63, 3.8) is 0 Å². The number of furan rings is 1. The van der Waals surface area contributed by atoms with Gasteiger partial charge in [0.1, 0.15) is 11.3 Å². The molecule has 0 bridgehead atoms. The van der Waals surface area contributed by atoms with Gasteiger partial charge in [-0.15, -0.1) is 0 Å². The molecule has 2 heterocycles. The molecule has 1 aliphatic heterocycles. The van der Waals surface area contributed by atoms with Crippen LogP contribution in [0.4, 0.5) is 5.69 Å². The van der Waals surface area contributed by atoms with E-state index in [0.29, 0.717) is 11.3 Å². The first-order chi connectivity index (χ1) is 13.6. The summed E-state index contributed by atoms with van der Waals surface area (Å²) in [5.41, 5.74) is 4.59. The van der Waals surface area contributed by atoms with E-state index in [-0.39, 0.29) is 5.91 Å². The number of likely N-dealkylation sites (tertiary alicyclic amines) is 1. The molecule has 1 aliphatic rings. The summed E-state index contributed by atoms with van der Waals surface area (Å²) < 4.78 is 5.95. The molecule has 4 nitrogen and oxygen atoms in total. The van der Waals surface area contributed by atoms with Gasteiger partial charge in [0.25, 0.3) is 5.91 Å². The number of fused-ring (bicyclic) bond motifs is 1. The maximum absolute atomic E-state index is 13.1. The molecule has 1 fully saturated rings. The van der Waals surface area contributed by atoms with Crippen LogP contribution >= 0.6 is 0 Å². The van der Waals surface area contributed by atoms with E-state index in [4.69, 9.17) is 4.42 Å². The van der Waals surface area contributed by atoms with Crippen LogP contribution in [0, 0.1) is 13.8 Å². The fourth-order valence-electron chi connectivity index (χ4n) is 4.11. The molecular weight excluding hydrogens is 348 g/mol. The van der Waals surface area contributed by atoms with Crippen LogP contribution in [0.3, 0.4) is 0 Å². The number of nitrogens with one attached hydrogen (secondary N) is 1. The molecule has 28 heavy (non-hydrogen) atoms. The van der Waals surface area contributed by atoms with Crippen molar-refractivity contribution in [3.05, 3.63) is 64.9 Å². The molecule has 1 amide bonds. The molecule has 0 saturated carbocycles. The summed E-state index contributed by atoms with van der Waals surface area (Å²) >= 11 is 0. The second-order valence-corrected chi connectivity index (χ2v) is 7.83. The van der Waals surface area contributed by atoms with Crippen molar-refractivity contribution in [2.75, 3.05) is 18.4 Å². The molecule has 0 atom stereocenters. The van der Waals surface area contributed by atoms with Crippen molar-refractivity contribution in [1.29, 1.82) is 0 Å². The molecule has 4 heteroatoms. The summed E-state index contributed by atoms with van der Waals surface area (Å²) in [5, 5.41) is 3.99. The van der Waals surface area contributed by atoms with Gasteiger partial charge < -0.3 is 9.73 Å². The monoisotopic (exact) mass is 376 g/mol. The number of aryl methyl sites for hydroxylation is 2. The van der Waals surface area contributed by atoms with E-state index in [1.54, 1.807) is 0 Å². The first kappa shape index (κ1) is 18.8. The van der Waals surface area contributed by atoms with E-state index in [2.05, 4.69) is 16.3 Å². The van der Waals surface area contributed by atoms with Crippen molar-refractivity contribution >= 4 is 22.6 Å². The SMILES string of the molecule is Cc1ccc(NC(=O)c2c(C)oc3cccc(CN4CCCCCC4)c23)cc1. The zero-order valence-corrected chi connectivity index (χ0v) is 16.8. The highest BCUT2D eigenvalue weighted by atomic mass is 16.3. The Balaban J connectivity index is 1.66. The Morgan fingerprint density at radius 3 is 2.43 bits per heavy atom. The third kappa shape index (κ3) is 3.97. The van der Waals surface area contributed by atoms with Gasteiger partial charge >= 0.3 is 0 Å². The fourth-order valence-corrected chi connectivity index (χ4v) is 4.11. The van der Waals surface area contributed by atoms with Crippen molar-refractivity contribution in [1.82, 2.24) is 4.90 Å². The standard InChI is InChI=1S/C24H28N2O2/c1-17-10-12-20(13-11-17)25-24(27)22-18(2)28-21-9-7-8-19(23(21)22)16-26-14-5-3-4-6-15-26/h7-13H,3-6,14-16H2,1-2H3,(H,25,27). The lowest BCUT2D eigenvalue weighted by molar-refractivity contribution is 0.102. The zero-order valence-electron chi connectivity index (χ0n) is 16.8. The number of benzene rings is 2. The van der Waals surface area contributed by atoms with E-state index < -0.39 is 0 Å². The number of hydrogen-bond donors (Lipinski definition) is 1. The maximum Gasteiger partial charge on any atom is 0.259 e. The minimum absolute atomic E-state index is 0.108. The Kier molecular flexibility index (Phi) is 5.49. The largest absolute Gasteiger partial charge is 0.461 e. The number of amides is 1. The first-order valence-electron chi connectivity index (χ1n) is 10.2. The van der Waals surface area contributed by atoms with Crippen LogP contribution in [0.25, 0.3) is 11.0 Å². The van der Waals surface area contributed by atoms with Gasteiger partial charge in [0.15, 0.2) is 0 Å². The summed E-state index contributed by atoms with van der Waals surface area (Å²) in [6.45, 7) is 7.02. The molecule has 0 radical (unpaired) electrons. The molecule has 1 aromatic heterocycles. The van der Waals surface area contributed by atoms with Crippen LogP contribution in [0.1, 0.15) is 52.9 Å².